The molecule has 0 spiro atoms. The molecule has 0 bridgehead atoms. The second-order valence-electron chi connectivity index (χ2n) is 7.09. The molecular formula is C22H26ClN3O2. The number of hydrogen-bond acceptors (Lipinski definition) is 3. The number of likely N-dealkylation sites (N-methyl/N-ethyl adjacent to an activating group) is 1. The van der Waals surface area contributed by atoms with E-state index in [0.717, 1.165) is 18.7 Å². The predicted molar refractivity (Wildman–Crippen MR) is 113 cm³/mol. The van der Waals surface area contributed by atoms with E-state index in [9.17, 15) is 9.59 Å². The number of carbonyl (C=O) groups is 2. The van der Waals surface area contributed by atoms with Crippen molar-refractivity contribution in [3.63, 3.8) is 0 Å². The molecule has 28 heavy (non-hydrogen) atoms. The summed E-state index contributed by atoms with van der Waals surface area (Å²) in [6.07, 6.45) is 3.69. The Morgan fingerprint density at radius 1 is 1.04 bits per heavy atom. The molecule has 1 saturated heterocycles. The minimum Gasteiger partial charge on any atom is -0.371 e. The quantitative estimate of drug-likeness (QED) is 0.805. The van der Waals surface area contributed by atoms with Crippen LogP contribution in [-0.4, -0.2) is 43.4 Å². The van der Waals surface area contributed by atoms with Crippen molar-refractivity contribution < 1.29 is 9.59 Å². The van der Waals surface area contributed by atoms with E-state index in [4.69, 9.17) is 11.6 Å². The fraction of sp³-hybridized carbons (Fsp3) is 0.364. The topological polar surface area (TPSA) is 52.6 Å². The first kappa shape index (κ1) is 20.2. The lowest BCUT2D eigenvalue weighted by Crippen LogP contribution is -2.38. The monoisotopic (exact) mass is 399 g/mol. The Labute approximate surface area is 171 Å². The predicted octanol–water partition coefficient (Wildman–Crippen LogP) is 3.72. The number of nitrogens with one attached hydrogen (secondary N) is 1. The van der Waals surface area contributed by atoms with Gasteiger partial charge in [0.1, 0.15) is 0 Å². The number of anilines is 1. The van der Waals surface area contributed by atoms with Crippen molar-refractivity contribution in [3.05, 3.63) is 64.7 Å². The van der Waals surface area contributed by atoms with Gasteiger partial charge in [0.2, 0.25) is 5.91 Å². The molecule has 1 aliphatic rings. The first-order valence-electron chi connectivity index (χ1n) is 9.66. The highest BCUT2D eigenvalue weighted by Crippen LogP contribution is 2.25. The summed E-state index contributed by atoms with van der Waals surface area (Å²) in [5.74, 6) is -0.491. The first-order chi connectivity index (χ1) is 13.6. The van der Waals surface area contributed by atoms with Crippen LogP contribution in [0.15, 0.2) is 48.5 Å². The molecule has 0 radical (unpaired) electrons. The lowest BCUT2D eigenvalue weighted by Gasteiger charge is -2.31. The molecule has 1 N–H and O–H groups in total. The van der Waals surface area contributed by atoms with Gasteiger partial charge in [-0.3, -0.25) is 9.59 Å². The summed E-state index contributed by atoms with van der Waals surface area (Å²) in [4.78, 5) is 28.8. The number of rotatable bonds is 6. The molecule has 0 saturated carbocycles. The van der Waals surface area contributed by atoms with Crippen molar-refractivity contribution in [2.24, 2.45) is 0 Å². The van der Waals surface area contributed by atoms with E-state index in [-0.39, 0.29) is 18.4 Å². The largest absolute Gasteiger partial charge is 0.371 e. The third-order valence-corrected chi connectivity index (χ3v) is 5.37. The van der Waals surface area contributed by atoms with Crippen molar-refractivity contribution in [3.8, 4) is 0 Å². The van der Waals surface area contributed by atoms with Gasteiger partial charge in [-0.25, -0.2) is 0 Å². The SMILES string of the molecule is CN(Cc1ccccc1N1CCCCC1)C(=O)CNC(=O)c1ccccc1Cl. The van der Waals surface area contributed by atoms with Crippen molar-refractivity contribution in [2.75, 3.05) is 31.6 Å². The maximum Gasteiger partial charge on any atom is 0.253 e. The van der Waals surface area contributed by atoms with E-state index in [1.165, 1.54) is 24.9 Å². The molecule has 5 nitrogen and oxygen atoms in total. The molecule has 6 heteroatoms. The summed E-state index contributed by atoms with van der Waals surface area (Å²) < 4.78 is 0. The number of amides is 2. The lowest BCUT2D eigenvalue weighted by molar-refractivity contribution is -0.129. The number of para-hydroxylation sites is 1. The van der Waals surface area contributed by atoms with E-state index in [0.29, 0.717) is 17.1 Å². The average Bonchev–Trinajstić information content (AvgIpc) is 2.73. The summed E-state index contributed by atoms with van der Waals surface area (Å²) in [5, 5.41) is 3.03. The third-order valence-electron chi connectivity index (χ3n) is 5.04. The summed E-state index contributed by atoms with van der Waals surface area (Å²) in [5.41, 5.74) is 2.69. The summed E-state index contributed by atoms with van der Waals surface area (Å²) >= 11 is 6.03. The fourth-order valence-corrected chi connectivity index (χ4v) is 3.68. The highest BCUT2D eigenvalue weighted by molar-refractivity contribution is 6.33. The molecule has 2 amide bonds. The second-order valence-corrected chi connectivity index (χ2v) is 7.50. The van der Waals surface area contributed by atoms with E-state index in [2.05, 4.69) is 22.3 Å². The molecular weight excluding hydrogens is 374 g/mol. The van der Waals surface area contributed by atoms with Crippen LogP contribution in [0.25, 0.3) is 0 Å². The molecule has 0 unspecified atom stereocenters. The Kier molecular flexibility index (Phi) is 6.93. The van der Waals surface area contributed by atoms with Crippen molar-refractivity contribution >= 4 is 29.1 Å². The van der Waals surface area contributed by atoms with Gasteiger partial charge in [0.15, 0.2) is 0 Å². The van der Waals surface area contributed by atoms with Crippen LogP contribution in [-0.2, 0) is 11.3 Å². The van der Waals surface area contributed by atoms with Crippen LogP contribution in [0.1, 0.15) is 35.2 Å². The Hall–Kier alpha value is -2.53. The van der Waals surface area contributed by atoms with Crippen LogP contribution in [0, 0.1) is 0 Å². The van der Waals surface area contributed by atoms with Crippen molar-refractivity contribution in [2.45, 2.75) is 25.8 Å². The number of halogens is 1. The van der Waals surface area contributed by atoms with E-state index in [1.54, 1.807) is 36.2 Å². The highest BCUT2D eigenvalue weighted by Gasteiger charge is 2.18. The highest BCUT2D eigenvalue weighted by atomic mass is 35.5. The van der Waals surface area contributed by atoms with Crippen LogP contribution in [0.2, 0.25) is 5.02 Å². The van der Waals surface area contributed by atoms with Crippen LogP contribution >= 0.6 is 11.6 Å². The Morgan fingerprint density at radius 2 is 1.71 bits per heavy atom. The minimum absolute atomic E-state index is 0.0631. The first-order valence-corrected chi connectivity index (χ1v) is 10.0. The van der Waals surface area contributed by atoms with Gasteiger partial charge < -0.3 is 15.1 Å². The van der Waals surface area contributed by atoms with Gasteiger partial charge in [0.05, 0.1) is 17.1 Å². The van der Waals surface area contributed by atoms with Crippen LogP contribution in [0.5, 0.6) is 0 Å². The number of piperidine rings is 1. The zero-order valence-electron chi connectivity index (χ0n) is 16.2. The van der Waals surface area contributed by atoms with E-state index in [1.807, 2.05) is 12.1 Å². The molecule has 0 atom stereocenters. The van der Waals surface area contributed by atoms with Gasteiger partial charge in [-0.1, -0.05) is 41.9 Å². The number of benzene rings is 2. The van der Waals surface area contributed by atoms with Crippen LogP contribution in [0.4, 0.5) is 5.69 Å². The van der Waals surface area contributed by atoms with Crippen LogP contribution in [0.3, 0.4) is 0 Å². The molecule has 0 aliphatic carbocycles. The number of nitrogens with zero attached hydrogens (tertiary/aromatic N) is 2. The Balaban J connectivity index is 1.59. The molecule has 1 aliphatic heterocycles. The summed E-state index contributed by atoms with van der Waals surface area (Å²) in [7, 11) is 1.76. The second kappa shape index (κ2) is 9.60. The lowest BCUT2D eigenvalue weighted by atomic mass is 10.1. The van der Waals surface area contributed by atoms with Gasteiger partial charge in [0, 0.05) is 32.4 Å². The Morgan fingerprint density at radius 3 is 2.46 bits per heavy atom. The smallest absolute Gasteiger partial charge is 0.253 e. The minimum atomic E-state index is -0.346. The average molecular weight is 400 g/mol. The van der Waals surface area contributed by atoms with Gasteiger partial charge in [-0.05, 0) is 43.0 Å². The normalized spacial score (nSPS) is 13.9. The van der Waals surface area contributed by atoms with E-state index >= 15 is 0 Å². The number of hydrogen-bond donors (Lipinski definition) is 1. The Bertz CT molecular complexity index is 834. The molecule has 1 heterocycles. The van der Waals surface area contributed by atoms with Gasteiger partial charge in [0.25, 0.3) is 5.91 Å². The molecule has 148 valence electrons. The van der Waals surface area contributed by atoms with Crippen molar-refractivity contribution in [1.29, 1.82) is 0 Å². The third kappa shape index (κ3) is 5.04. The standard InChI is InChI=1S/C22H26ClN3O2/c1-25(21(27)15-24-22(28)18-10-4-5-11-19(18)23)16-17-9-3-6-12-20(17)26-13-7-2-8-14-26/h3-6,9-12H,2,7-8,13-16H2,1H3,(H,24,28). The zero-order chi connectivity index (χ0) is 19.9. The fourth-order valence-electron chi connectivity index (χ4n) is 3.46. The van der Waals surface area contributed by atoms with Crippen molar-refractivity contribution in [1.82, 2.24) is 10.2 Å². The molecule has 2 aromatic carbocycles. The zero-order valence-corrected chi connectivity index (χ0v) is 16.9. The summed E-state index contributed by atoms with van der Waals surface area (Å²) in [6.45, 7) is 2.56. The van der Waals surface area contributed by atoms with Gasteiger partial charge >= 0.3 is 0 Å². The molecule has 1 fully saturated rings. The molecule has 3 rings (SSSR count). The summed E-state index contributed by atoms with van der Waals surface area (Å²) in [6, 6.07) is 15.0. The number of carbonyl (C=O) groups excluding carboxylic acids is 2. The molecule has 0 aromatic heterocycles. The van der Waals surface area contributed by atoms with Crippen LogP contribution < -0.4 is 10.2 Å². The maximum atomic E-state index is 12.5. The van der Waals surface area contributed by atoms with E-state index < -0.39 is 0 Å². The van der Waals surface area contributed by atoms with Gasteiger partial charge in [-0.2, -0.15) is 0 Å². The maximum absolute atomic E-state index is 12.5. The molecule has 2 aromatic rings. The van der Waals surface area contributed by atoms with Gasteiger partial charge in [-0.15, -0.1) is 0 Å².